The molecule has 2 amide bonds. The highest BCUT2D eigenvalue weighted by Crippen LogP contribution is 2.34. The van der Waals surface area contributed by atoms with Crippen molar-refractivity contribution in [3.8, 4) is 11.5 Å². The second-order valence-electron chi connectivity index (χ2n) is 8.20. The zero-order valence-electron chi connectivity index (χ0n) is 17.4. The molecule has 1 N–H and O–H groups in total. The Kier molecular flexibility index (Phi) is 6.27. The first-order chi connectivity index (χ1) is 14.5. The second kappa shape index (κ2) is 9.08. The maximum Gasteiger partial charge on any atom is 0.263 e. The molecule has 0 spiro atoms. The minimum Gasteiger partial charge on any atom is -0.486 e. The van der Waals surface area contributed by atoms with E-state index in [-0.39, 0.29) is 29.7 Å². The monoisotopic (exact) mass is 428 g/mol. The molecule has 2 aromatic rings. The van der Waals surface area contributed by atoms with Crippen LogP contribution < -0.4 is 14.8 Å². The zero-order chi connectivity index (χ0) is 21.1. The zero-order valence-corrected chi connectivity index (χ0v) is 18.2. The number of likely N-dealkylation sites (tertiary alicyclic amines) is 1. The highest BCUT2D eigenvalue weighted by atomic mass is 32.1. The van der Waals surface area contributed by atoms with Crippen LogP contribution in [0, 0.1) is 11.8 Å². The summed E-state index contributed by atoms with van der Waals surface area (Å²) in [4.78, 5) is 28.4. The number of carbonyl (C=O) groups excluding carboxylic acids is 2. The Labute approximate surface area is 181 Å². The summed E-state index contributed by atoms with van der Waals surface area (Å²) in [5, 5.41) is 5.14. The maximum atomic E-state index is 13.1. The Bertz CT molecular complexity index is 897. The van der Waals surface area contributed by atoms with E-state index in [1.54, 1.807) is 0 Å². The molecule has 1 aromatic carbocycles. The molecule has 3 heterocycles. The molecule has 7 heteroatoms. The molecular formula is C23H28N2O4S. The number of nitrogens with zero attached hydrogens (tertiary/aromatic N) is 1. The van der Waals surface area contributed by atoms with Gasteiger partial charge in [-0.3, -0.25) is 9.59 Å². The summed E-state index contributed by atoms with van der Waals surface area (Å²) in [6.45, 7) is 6.44. The first-order valence-corrected chi connectivity index (χ1v) is 11.4. The summed E-state index contributed by atoms with van der Waals surface area (Å²) in [6.07, 6.45) is 1.64. The Morgan fingerprint density at radius 3 is 2.70 bits per heavy atom. The van der Waals surface area contributed by atoms with Crippen molar-refractivity contribution in [3.05, 3.63) is 46.2 Å². The van der Waals surface area contributed by atoms with E-state index in [9.17, 15) is 9.59 Å². The Morgan fingerprint density at radius 2 is 1.97 bits per heavy atom. The normalized spacial score (nSPS) is 19.4. The molecule has 1 aromatic heterocycles. The molecule has 1 fully saturated rings. The van der Waals surface area contributed by atoms with Crippen LogP contribution in [0.2, 0.25) is 0 Å². The Morgan fingerprint density at radius 1 is 1.17 bits per heavy atom. The number of hydrogen-bond donors (Lipinski definition) is 1. The molecule has 0 aliphatic carbocycles. The standard InChI is InChI=1S/C23H28N2O4S/c1-15(2)21(16-7-8-18-19(13-16)29-11-10-28-18)24-22(26)17-5-3-9-25(14-17)23(27)20-6-4-12-30-20/h4,6-8,12-13,15,17,21H,3,5,9-11,14H2,1-2H3,(H,24,26)/t17-,21-/m1/s1. The number of thiophene rings is 1. The smallest absolute Gasteiger partial charge is 0.263 e. The van der Waals surface area contributed by atoms with E-state index >= 15 is 0 Å². The topological polar surface area (TPSA) is 67.9 Å². The quantitative estimate of drug-likeness (QED) is 0.785. The average Bonchev–Trinajstić information content (AvgIpc) is 3.31. The highest BCUT2D eigenvalue weighted by molar-refractivity contribution is 7.12. The molecule has 2 atom stereocenters. The fraction of sp³-hybridized carbons (Fsp3) is 0.478. The summed E-state index contributed by atoms with van der Waals surface area (Å²) in [5.74, 6) is 1.52. The summed E-state index contributed by atoms with van der Waals surface area (Å²) < 4.78 is 11.3. The van der Waals surface area contributed by atoms with E-state index in [4.69, 9.17) is 9.47 Å². The van der Waals surface area contributed by atoms with Gasteiger partial charge in [0.15, 0.2) is 11.5 Å². The third kappa shape index (κ3) is 4.46. The third-order valence-electron chi connectivity index (χ3n) is 5.70. The van der Waals surface area contributed by atoms with Crippen LogP contribution in [0.1, 0.15) is 48.0 Å². The van der Waals surface area contributed by atoms with Crippen LogP contribution >= 0.6 is 11.3 Å². The van der Waals surface area contributed by atoms with Crippen molar-refractivity contribution < 1.29 is 19.1 Å². The molecule has 160 valence electrons. The second-order valence-corrected chi connectivity index (χ2v) is 9.15. The van der Waals surface area contributed by atoms with E-state index in [1.807, 2.05) is 40.6 Å². The molecule has 0 saturated carbocycles. The molecule has 0 unspecified atom stereocenters. The first-order valence-electron chi connectivity index (χ1n) is 10.6. The van der Waals surface area contributed by atoms with Crippen molar-refractivity contribution in [1.29, 1.82) is 0 Å². The molecule has 2 aliphatic rings. The lowest BCUT2D eigenvalue weighted by Gasteiger charge is -2.33. The van der Waals surface area contributed by atoms with Gasteiger partial charge in [0.05, 0.1) is 16.8 Å². The number of ether oxygens (including phenoxy) is 2. The molecular weight excluding hydrogens is 400 g/mol. The van der Waals surface area contributed by atoms with Crippen LogP contribution in [0.25, 0.3) is 0 Å². The van der Waals surface area contributed by atoms with Crippen molar-refractivity contribution in [3.63, 3.8) is 0 Å². The molecule has 4 rings (SSSR count). The van der Waals surface area contributed by atoms with Crippen LogP contribution in [-0.2, 0) is 4.79 Å². The number of piperidine rings is 1. The predicted molar refractivity (Wildman–Crippen MR) is 116 cm³/mol. The molecule has 6 nitrogen and oxygen atoms in total. The van der Waals surface area contributed by atoms with Crippen molar-refractivity contribution in [2.45, 2.75) is 32.7 Å². The van der Waals surface area contributed by atoms with E-state index in [2.05, 4.69) is 19.2 Å². The number of benzene rings is 1. The van der Waals surface area contributed by atoms with Crippen molar-refractivity contribution in [2.24, 2.45) is 11.8 Å². The maximum absolute atomic E-state index is 13.1. The number of carbonyl (C=O) groups is 2. The third-order valence-corrected chi connectivity index (χ3v) is 6.56. The molecule has 30 heavy (non-hydrogen) atoms. The fourth-order valence-corrected chi connectivity index (χ4v) is 4.78. The molecule has 0 bridgehead atoms. The van der Waals surface area contributed by atoms with Gasteiger partial charge in [-0.25, -0.2) is 0 Å². The largest absolute Gasteiger partial charge is 0.486 e. The average molecular weight is 429 g/mol. The van der Waals surface area contributed by atoms with Gasteiger partial charge in [-0.1, -0.05) is 26.0 Å². The minimum atomic E-state index is -0.193. The molecule has 0 radical (unpaired) electrons. The van der Waals surface area contributed by atoms with E-state index in [0.29, 0.717) is 26.3 Å². The van der Waals surface area contributed by atoms with Gasteiger partial charge in [-0.2, -0.15) is 0 Å². The van der Waals surface area contributed by atoms with Gasteiger partial charge in [0.25, 0.3) is 5.91 Å². The van der Waals surface area contributed by atoms with Crippen LogP contribution in [0.15, 0.2) is 35.7 Å². The van der Waals surface area contributed by atoms with Gasteiger partial charge in [-0.05, 0) is 47.9 Å². The van der Waals surface area contributed by atoms with Gasteiger partial charge in [-0.15, -0.1) is 11.3 Å². The van der Waals surface area contributed by atoms with Gasteiger partial charge in [0.2, 0.25) is 5.91 Å². The lowest BCUT2D eigenvalue weighted by Crippen LogP contribution is -2.46. The summed E-state index contributed by atoms with van der Waals surface area (Å²) in [5.41, 5.74) is 1.00. The van der Waals surface area contributed by atoms with Gasteiger partial charge in [0.1, 0.15) is 13.2 Å². The van der Waals surface area contributed by atoms with Crippen LogP contribution in [0.3, 0.4) is 0 Å². The SMILES string of the molecule is CC(C)[C@@H](NC(=O)[C@@H]1CCCN(C(=O)c2cccs2)C1)c1ccc2c(c1)OCCO2. The highest BCUT2D eigenvalue weighted by Gasteiger charge is 2.31. The van der Waals surface area contributed by atoms with Gasteiger partial charge >= 0.3 is 0 Å². The van der Waals surface area contributed by atoms with Gasteiger partial charge in [0, 0.05) is 13.1 Å². The van der Waals surface area contributed by atoms with Gasteiger partial charge < -0.3 is 19.7 Å². The number of fused-ring (bicyclic) bond motifs is 1. The van der Waals surface area contributed by atoms with E-state index < -0.39 is 0 Å². The molecule has 1 saturated heterocycles. The number of rotatable bonds is 5. The van der Waals surface area contributed by atoms with Crippen molar-refractivity contribution >= 4 is 23.2 Å². The number of nitrogens with one attached hydrogen (secondary N) is 1. The van der Waals surface area contributed by atoms with Crippen LogP contribution in [-0.4, -0.2) is 43.0 Å². The minimum absolute atomic E-state index is 0.00673. The summed E-state index contributed by atoms with van der Waals surface area (Å²) in [7, 11) is 0. The number of amides is 2. The van der Waals surface area contributed by atoms with E-state index in [0.717, 1.165) is 34.8 Å². The summed E-state index contributed by atoms with van der Waals surface area (Å²) in [6, 6.07) is 9.46. The van der Waals surface area contributed by atoms with Crippen molar-refractivity contribution in [2.75, 3.05) is 26.3 Å². The predicted octanol–water partition coefficient (Wildman–Crippen LogP) is 3.89. The summed E-state index contributed by atoms with van der Waals surface area (Å²) >= 11 is 1.44. The van der Waals surface area contributed by atoms with Crippen LogP contribution in [0.5, 0.6) is 11.5 Å². The lowest BCUT2D eigenvalue weighted by molar-refractivity contribution is -0.127. The Hall–Kier alpha value is -2.54. The first kappa shape index (κ1) is 20.7. The molecule has 2 aliphatic heterocycles. The fourth-order valence-electron chi connectivity index (χ4n) is 4.09. The van der Waals surface area contributed by atoms with Crippen LogP contribution in [0.4, 0.5) is 0 Å². The van der Waals surface area contributed by atoms with Crippen molar-refractivity contribution in [1.82, 2.24) is 10.2 Å². The lowest BCUT2D eigenvalue weighted by atomic mass is 9.92. The Balaban J connectivity index is 1.44. The van der Waals surface area contributed by atoms with E-state index in [1.165, 1.54) is 11.3 Å². The number of hydrogen-bond acceptors (Lipinski definition) is 5.